The molecule has 25 heavy (non-hydrogen) atoms. The van der Waals surface area contributed by atoms with Gasteiger partial charge in [-0.05, 0) is 26.0 Å². The molecule has 3 aromatic heterocycles. The van der Waals surface area contributed by atoms with Crippen molar-refractivity contribution in [2.75, 3.05) is 5.32 Å². The fourth-order valence-corrected chi connectivity index (χ4v) is 2.81. The molecule has 1 aromatic carbocycles. The highest BCUT2D eigenvalue weighted by atomic mass is 15.3. The van der Waals surface area contributed by atoms with Crippen LogP contribution in [0.4, 0.5) is 11.9 Å². The summed E-state index contributed by atoms with van der Waals surface area (Å²) in [7, 11) is 1.89. The second-order valence-corrected chi connectivity index (χ2v) is 5.84. The molecule has 0 saturated carbocycles. The van der Waals surface area contributed by atoms with E-state index in [-0.39, 0.29) is 0 Å². The number of nitrogens with one attached hydrogen (secondary N) is 1. The maximum absolute atomic E-state index is 4.57. The van der Waals surface area contributed by atoms with Gasteiger partial charge in [0.25, 0.3) is 0 Å². The summed E-state index contributed by atoms with van der Waals surface area (Å²) in [6.07, 6.45) is 3.66. The molecule has 0 atom stereocenters. The average molecular weight is 331 g/mol. The number of hydrogen-bond donors (Lipinski definition) is 1. The highest BCUT2D eigenvalue weighted by molar-refractivity contribution is 5.81. The molecule has 124 valence electrons. The van der Waals surface area contributed by atoms with Crippen molar-refractivity contribution in [1.29, 1.82) is 0 Å². The second-order valence-electron chi connectivity index (χ2n) is 5.84. The van der Waals surface area contributed by atoms with E-state index in [4.69, 9.17) is 0 Å². The fraction of sp³-hybridized carbons (Fsp3) is 0.167. The zero-order valence-electron chi connectivity index (χ0n) is 14.2. The highest BCUT2D eigenvalue weighted by Gasteiger charge is 2.10. The molecule has 0 aliphatic heterocycles. The maximum Gasteiger partial charge on any atom is 0.230 e. The highest BCUT2D eigenvalue weighted by Crippen LogP contribution is 2.22. The molecule has 1 N–H and O–H groups in total. The minimum atomic E-state index is 0.454. The third kappa shape index (κ3) is 2.91. The SMILES string of the molecule is Cc1nn(C)cc1-c1ccnc(Nc2nc(C)c3ccccc3n2)n1. The summed E-state index contributed by atoms with van der Waals surface area (Å²) in [5.41, 5.74) is 4.50. The predicted octanol–water partition coefficient (Wildman–Crippen LogP) is 3.18. The molecular formula is C18H17N7. The largest absolute Gasteiger partial charge is 0.293 e. The molecule has 0 aliphatic rings. The number of fused-ring (bicyclic) bond motifs is 1. The van der Waals surface area contributed by atoms with Crippen molar-refractivity contribution in [2.45, 2.75) is 13.8 Å². The summed E-state index contributed by atoms with van der Waals surface area (Å²) >= 11 is 0. The lowest BCUT2D eigenvalue weighted by Gasteiger charge is -2.07. The van der Waals surface area contributed by atoms with Gasteiger partial charge < -0.3 is 0 Å². The van der Waals surface area contributed by atoms with Gasteiger partial charge in [-0.15, -0.1) is 0 Å². The maximum atomic E-state index is 4.57. The van der Waals surface area contributed by atoms with E-state index in [0.717, 1.165) is 33.5 Å². The molecule has 0 fully saturated rings. The molecule has 0 amide bonds. The molecule has 7 heteroatoms. The Morgan fingerprint density at radius 2 is 1.76 bits per heavy atom. The van der Waals surface area contributed by atoms with Gasteiger partial charge in [0.15, 0.2) is 0 Å². The number of nitrogens with zero attached hydrogens (tertiary/aromatic N) is 6. The van der Waals surface area contributed by atoms with Crippen LogP contribution in [0.5, 0.6) is 0 Å². The standard InChI is InChI=1S/C18H17N7/c1-11-13-6-4-5-7-15(13)22-18(20-11)23-17-19-9-8-16(21-17)14-10-25(3)24-12(14)2/h4-10H,1-3H3,(H,19,20,21,22,23). The van der Waals surface area contributed by atoms with Crippen molar-refractivity contribution in [3.63, 3.8) is 0 Å². The summed E-state index contributed by atoms with van der Waals surface area (Å²) in [6.45, 7) is 3.92. The normalized spacial score (nSPS) is 11.0. The predicted molar refractivity (Wildman–Crippen MR) is 96.5 cm³/mol. The van der Waals surface area contributed by atoms with Crippen molar-refractivity contribution in [3.05, 3.63) is 54.1 Å². The van der Waals surface area contributed by atoms with Crippen molar-refractivity contribution in [1.82, 2.24) is 29.7 Å². The number of anilines is 2. The summed E-state index contributed by atoms with van der Waals surface area (Å²) in [5.74, 6) is 0.937. The molecule has 0 bridgehead atoms. The van der Waals surface area contributed by atoms with Crippen molar-refractivity contribution >= 4 is 22.8 Å². The smallest absolute Gasteiger partial charge is 0.230 e. The van der Waals surface area contributed by atoms with E-state index < -0.39 is 0 Å². The average Bonchev–Trinajstić information content (AvgIpc) is 2.94. The Bertz CT molecular complexity index is 1070. The summed E-state index contributed by atoms with van der Waals surface area (Å²) < 4.78 is 1.77. The van der Waals surface area contributed by atoms with Crippen LogP contribution in [0.1, 0.15) is 11.4 Å². The zero-order valence-corrected chi connectivity index (χ0v) is 14.2. The second kappa shape index (κ2) is 5.94. The molecule has 4 aromatic rings. The van der Waals surface area contributed by atoms with E-state index in [1.165, 1.54) is 0 Å². The lowest BCUT2D eigenvalue weighted by Crippen LogP contribution is -2.03. The first kappa shape index (κ1) is 15.2. The molecule has 0 spiro atoms. The van der Waals surface area contributed by atoms with Gasteiger partial charge in [0.2, 0.25) is 11.9 Å². The quantitative estimate of drug-likeness (QED) is 0.621. The van der Waals surface area contributed by atoms with Crippen molar-refractivity contribution in [3.8, 4) is 11.3 Å². The number of aryl methyl sites for hydroxylation is 3. The van der Waals surface area contributed by atoms with Crippen molar-refractivity contribution in [2.24, 2.45) is 7.05 Å². The summed E-state index contributed by atoms with van der Waals surface area (Å²) in [4.78, 5) is 17.9. The number of aromatic nitrogens is 6. The molecule has 0 aliphatic carbocycles. The van der Waals surface area contributed by atoms with E-state index in [2.05, 4.69) is 30.4 Å². The molecule has 0 saturated heterocycles. The lowest BCUT2D eigenvalue weighted by molar-refractivity contribution is 0.756. The number of para-hydroxylation sites is 1. The van der Waals surface area contributed by atoms with Crippen LogP contribution in [0.25, 0.3) is 22.2 Å². The van der Waals surface area contributed by atoms with E-state index in [1.54, 1.807) is 10.9 Å². The van der Waals surface area contributed by atoms with Crippen LogP contribution in [0.3, 0.4) is 0 Å². The lowest BCUT2D eigenvalue weighted by atomic mass is 10.2. The molecular weight excluding hydrogens is 314 g/mol. The first-order valence-corrected chi connectivity index (χ1v) is 7.94. The Morgan fingerprint density at radius 1 is 0.920 bits per heavy atom. The van der Waals surface area contributed by atoms with Crippen LogP contribution in [-0.4, -0.2) is 29.7 Å². The van der Waals surface area contributed by atoms with Crippen LogP contribution in [0, 0.1) is 13.8 Å². The third-order valence-electron chi connectivity index (χ3n) is 3.96. The van der Waals surface area contributed by atoms with Gasteiger partial charge in [-0.3, -0.25) is 10.00 Å². The van der Waals surface area contributed by atoms with Crippen LogP contribution in [0.15, 0.2) is 42.7 Å². The van der Waals surface area contributed by atoms with Gasteiger partial charge in [-0.2, -0.15) is 5.10 Å². The number of hydrogen-bond acceptors (Lipinski definition) is 6. The first-order chi connectivity index (χ1) is 12.1. The molecule has 7 nitrogen and oxygen atoms in total. The molecule has 3 heterocycles. The van der Waals surface area contributed by atoms with Gasteiger partial charge in [0.05, 0.1) is 22.6 Å². The Labute approximate surface area is 144 Å². The number of rotatable bonds is 3. The van der Waals surface area contributed by atoms with Gasteiger partial charge in [-0.1, -0.05) is 18.2 Å². The van der Waals surface area contributed by atoms with Gasteiger partial charge in [-0.25, -0.2) is 19.9 Å². The van der Waals surface area contributed by atoms with Crippen LogP contribution < -0.4 is 5.32 Å². The molecule has 0 unspecified atom stereocenters. The Balaban J connectivity index is 1.70. The van der Waals surface area contributed by atoms with Gasteiger partial charge >= 0.3 is 0 Å². The van der Waals surface area contributed by atoms with Crippen LogP contribution in [-0.2, 0) is 7.05 Å². The minimum absolute atomic E-state index is 0.454. The van der Waals surface area contributed by atoms with E-state index in [1.807, 2.05) is 57.4 Å². The fourth-order valence-electron chi connectivity index (χ4n) is 2.81. The van der Waals surface area contributed by atoms with Crippen molar-refractivity contribution < 1.29 is 0 Å². The monoisotopic (exact) mass is 331 g/mol. The summed E-state index contributed by atoms with van der Waals surface area (Å²) in [6, 6.07) is 9.78. The first-order valence-electron chi connectivity index (χ1n) is 7.94. The van der Waals surface area contributed by atoms with E-state index >= 15 is 0 Å². The van der Waals surface area contributed by atoms with Crippen LogP contribution >= 0.6 is 0 Å². The molecule has 4 rings (SSSR count). The zero-order chi connectivity index (χ0) is 17.4. The minimum Gasteiger partial charge on any atom is -0.293 e. The van der Waals surface area contributed by atoms with E-state index in [0.29, 0.717) is 11.9 Å². The molecule has 0 radical (unpaired) electrons. The van der Waals surface area contributed by atoms with Crippen LogP contribution in [0.2, 0.25) is 0 Å². The number of benzene rings is 1. The van der Waals surface area contributed by atoms with E-state index in [9.17, 15) is 0 Å². The van der Waals surface area contributed by atoms with Gasteiger partial charge in [0.1, 0.15) is 0 Å². The van der Waals surface area contributed by atoms with Gasteiger partial charge in [0, 0.05) is 30.4 Å². The topological polar surface area (TPSA) is 81.4 Å². The Kier molecular flexibility index (Phi) is 3.61. The Hall–Kier alpha value is -3.35. The third-order valence-corrected chi connectivity index (χ3v) is 3.96. The summed E-state index contributed by atoms with van der Waals surface area (Å²) in [5, 5.41) is 8.50. The Morgan fingerprint density at radius 3 is 2.56 bits per heavy atom.